The molecule has 4 aliphatic rings. The fourth-order valence-electron chi connectivity index (χ4n) is 11.9. The molecule has 21 nitrogen and oxygen atoms in total. The quantitative estimate of drug-likeness (QED) is 0.0882. The van der Waals surface area contributed by atoms with Gasteiger partial charge in [0.05, 0.1) is 19.6 Å². The second-order valence-corrected chi connectivity index (χ2v) is 25.4. The van der Waals surface area contributed by atoms with Crippen LogP contribution in [0.1, 0.15) is 129 Å². The molecule has 2 saturated heterocycles. The van der Waals surface area contributed by atoms with Crippen LogP contribution in [0.25, 0.3) is 0 Å². The molecule has 3 unspecified atom stereocenters. The van der Waals surface area contributed by atoms with Crippen molar-refractivity contribution in [3.05, 3.63) is 138 Å². The van der Waals surface area contributed by atoms with E-state index < -0.39 is 107 Å². The number of carbonyl (C=O) groups is 10. The van der Waals surface area contributed by atoms with Gasteiger partial charge in [0.25, 0.3) is 5.91 Å². The van der Waals surface area contributed by atoms with Crippen LogP contribution < -0.4 is 10.6 Å². The number of carbonyl (C=O) groups excluding carboxylic acids is 10. The molecular weight excluding hydrogens is 1170 g/mol. The predicted octanol–water partition coefficient (Wildman–Crippen LogP) is 8.14. The summed E-state index contributed by atoms with van der Waals surface area (Å²) >= 11 is 0. The Morgan fingerprint density at radius 3 is 2.14 bits per heavy atom. The molecule has 2 aromatic rings. The van der Waals surface area contributed by atoms with E-state index in [9.17, 15) is 38.4 Å². The van der Waals surface area contributed by atoms with Gasteiger partial charge < -0.3 is 54.1 Å². The van der Waals surface area contributed by atoms with Crippen LogP contribution >= 0.6 is 0 Å². The Kier molecular flexibility index (Phi) is 26.9. The Morgan fingerprint density at radius 1 is 0.761 bits per heavy atom. The summed E-state index contributed by atoms with van der Waals surface area (Å²) in [5.74, 6) is -6.12. The molecule has 2 bridgehead atoms. The average molecular weight is 1270 g/mol. The Balaban J connectivity index is 1.34. The third kappa shape index (κ3) is 19.7. The summed E-state index contributed by atoms with van der Waals surface area (Å²) in [7, 11) is 7.72. The van der Waals surface area contributed by atoms with Gasteiger partial charge in [0, 0.05) is 77.7 Å². The summed E-state index contributed by atoms with van der Waals surface area (Å²) in [5, 5.41) is 5.80. The van der Waals surface area contributed by atoms with Gasteiger partial charge in [-0.15, -0.1) is 0 Å². The molecule has 21 heteroatoms. The molecule has 2 aromatic carbocycles. The van der Waals surface area contributed by atoms with Crippen LogP contribution in [0, 0.1) is 23.2 Å². The fraction of sp³-hybridized carbons (Fsp3) is 0.521. The molecule has 0 radical (unpaired) electrons. The zero-order valence-electron chi connectivity index (χ0n) is 55.5. The van der Waals surface area contributed by atoms with Gasteiger partial charge in [-0.3, -0.25) is 38.4 Å². The summed E-state index contributed by atoms with van der Waals surface area (Å²) in [6.45, 7) is 14.7. The first-order chi connectivity index (χ1) is 43.8. The largest absolute Gasteiger partial charge is 0.498 e. The summed E-state index contributed by atoms with van der Waals surface area (Å²) < 4.78 is 22.6. The molecule has 2 fully saturated rings. The van der Waals surface area contributed by atoms with Crippen molar-refractivity contribution in [1.82, 2.24) is 29.8 Å². The van der Waals surface area contributed by atoms with Crippen molar-refractivity contribution in [3.63, 3.8) is 0 Å². The third-order valence-electron chi connectivity index (χ3n) is 17.6. The molecule has 3 aliphatic heterocycles. The van der Waals surface area contributed by atoms with Crippen LogP contribution in [0.5, 0.6) is 0 Å². The highest BCUT2D eigenvalue weighted by Gasteiger charge is 2.46. The minimum absolute atomic E-state index is 0.0261. The molecule has 498 valence electrons. The van der Waals surface area contributed by atoms with Crippen molar-refractivity contribution in [2.45, 2.75) is 155 Å². The lowest BCUT2D eigenvalue weighted by atomic mass is 9.83. The van der Waals surface area contributed by atoms with Crippen molar-refractivity contribution in [1.29, 1.82) is 0 Å². The number of piperidine rings is 1. The Bertz CT molecular complexity index is 3170. The normalized spacial score (nSPS) is 25.8. The number of rotatable bonds is 12. The van der Waals surface area contributed by atoms with E-state index in [2.05, 4.69) is 17.2 Å². The van der Waals surface area contributed by atoms with Gasteiger partial charge in [0.1, 0.15) is 48.7 Å². The molecule has 8 atom stereocenters. The molecular formula is C71H95N7O14. The number of esters is 2. The first kappa shape index (κ1) is 72.4. The van der Waals surface area contributed by atoms with E-state index in [0.29, 0.717) is 66.9 Å². The summed E-state index contributed by atoms with van der Waals surface area (Å²) in [6.07, 6.45) is 15.1. The zero-order valence-corrected chi connectivity index (χ0v) is 55.5. The lowest BCUT2D eigenvalue weighted by Crippen LogP contribution is -2.60. The van der Waals surface area contributed by atoms with E-state index in [1.807, 2.05) is 69.3 Å². The number of allylic oxidation sites excluding steroid dienone is 7. The summed E-state index contributed by atoms with van der Waals surface area (Å²) in [4.78, 5) is 151. The number of ether oxygens (including phenoxy) is 4. The van der Waals surface area contributed by atoms with Crippen LogP contribution in [-0.4, -0.2) is 175 Å². The van der Waals surface area contributed by atoms with Crippen LogP contribution in [0.2, 0.25) is 0 Å². The number of ketones is 1. The minimum atomic E-state index is -1.51. The van der Waals surface area contributed by atoms with E-state index in [-0.39, 0.29) is 75.9 Å². The van der Waals surface area contributed by atoms with Crippen LogP contribution in [0.3, 0.4) is 0 Å². The lowest BCUT2D eigenvalue weighted by Gasteiger charge is -2.39. The highest BCUT2D eigenvalue weighted by Crippen LogP contribution is 2.33. The summed E-state index contributed by atoms with van der Waals surface area (Å²) in [6, 6.07) is 10.5. The Morgan fingerprint density at radius 2 is 1.45 bits per heavy atom. The molecule has 0 aromatic heterocycles. The van der Waals surface area contributed by atoms with E-state index in [0.717, 1.165) is 5.56 Å². The van der Waals surface area contributed by atoms with Gasteiger partial charge in [-0.05, 0) is 120 Å². The SMILES string of the molecule is C=C(/C=C\C(OC)=C(/C)OC)CC[C@H]1OC(=O)[C@@H]2CCCCN2C(=O)C(=O)C(C)(C)COC(=O)/C=C/CCN(C)C(=O)C(CC(C)C)N(C)C(=O)[C@H]2CCCN2C(=O)[C@H](Cc2ccccc2)N(C)C(=O)[C@H](C2C=CC=CC2C)NC(=O)CCC(=O)Nc2cccc1c2. The van der Waals surface area contributed by atoms with E-state index in [4.69, 9.17) is 18.9 Å². The number of Topliss-reactive ketones (excluding diaryl/α,β-unsaturated/α-hetero) is 1. The highest BCUT2D eigenvalue weighted by molar-refractivity contribution is 6.38. The van der Waals surface area contributed by atoms with Gasteiger partial charge in [-0.25, -0.2) is 9.59 Å². The second-order valence-electron chi connectivity index (χ2n) is 25.4. The summed E-state index contributed by atoms with van der Waals surface area (Å²) in [5.41, 5.74) is 0.684. The van der Waals surface area contributed by atoms with E-state index in [1.165, 1.54) is 71.8 Å². The van der Waals surface area contributed by atoms with Gasteiger partial charge >= 0.3 is 11.9 Å². The smallest absolute Gasteiger partial charge is 0.330 e. The number of nitrogens with one attached hydrogen (secondary N) is 2. The second kappa shape index (κ2) is 34.2. The number of methoxy groups -OCH3 is 2. The maximum atomic E-state index is 15.3. The van der Waals surface area contributed by atoms with E-state index >= 15 is 9.59 Å². The van der Waals surface area contributed by atoms with Gasteiger partial charge in [0.15, 0.2) is 5.76 Å². The number of likely N-dealkylation sites (N-methyl/N-ethyl adjacent to an activating group) is 3. The van der Waals surface area contributed by atoms with Crippen molar-refractivity contribution in [2.75, 3.05) is 66.9 Å². The number of hydrogen-bond acceptors (Lipinski definition) is 14. The predicted molar refractivity (Wildman–Crippen MR) is 348 cm³/mol. The number of anilines is 1. The van der Waals surface area contributed by atoms with Gasteiger partial charge in [0.2, 0.25) is 41.2 Å². The fourth-order valence-corrected chi connectivity index (χ4v) is 11.9. The van der Waals surface area contributed by atoms with Crippen LogP contribution in [0.15, 0.2) is 127 Å². The standard InChI is InChI=1S/C71H95N7O14/c1-46(2)42-56-65(83)74(8)39-20-19-32-62(81)91-45-71(6,7)64(82)69(87)78-40-21-18-30-55(78)70(88)92-59(36-34-47(3)33-35-58(90-12)49(5)89-11)51-27-22-28-52(44-51)72-60(79)37-38-61(80)73-63(53-29-17-16-24-48(53)4)68(86)76(10)57(43-50-25-14-13-15-26-50)67(85)77-41-23-31-54(77)66(84)75(56)9/h13-17,19,22,24-29,32-33,35,44,46,48,53-57,59,63H,3,18,20-21,23,30-31,34,36-43,45H2,1-2,4-12H3,(H,72,79)(H,73,80)/b32-19+,35-33-,58-49-/t48?,53?,54-,55+,56?,57+,59-,63+/m1/s1. The maximum Gasteiger partial charge on any atom is 0.330 e. The van der Waals surface area contributed by atoms with Crippen molar-refractivity contribution in [2.24, 2.45) is 23.2 Å². The third-order valence-corrected chi connectivity index (χ3v) is 17.6. The van der Waals surface area contributed by atoms with Gasteiger partial charge in [-0.2, -0.15) is 0 Å². The van der Waals surface area contributed by atoms with E-state index in [1.54, 1.807) is 63.5 Å². The number of hydrogen-bond donors (Lipinski definition) is 2. The molecule has 0 saturated carbocycles. The number of cyclic esters (lactones) is 2. The van der Waals surface area contributed by atoms with Crippen molar-refractivity contribution >= 4 is 64.8 Å². The number of fused-ring (bicyclic) bond motifs is 4. The van der Waals surface area contributed by atoms with Crippen LogP contribution in [-0.2, 0) is 73.3 Å². The van der Waals surface area contributed by atoms with Crippen molar-refractivity contribution < 1.29 is 66.9 Å². The zero-order chi connectivity index (χ0) is 67.4. The molecule has 1 aliphatic carbocycles. The first-order valence-corrected chi connectivity index (χ1v) is 32.0. The topological polar surface area (TPSA) is 248 Å². The Labute approximate surface area is 542 Å². The maximum absolute atomic E-state index is 15.3. The number of amides is 7. The lowest BCUT2D eigenvalue weighted by molar-refractivity contribution is -0.165. The molecule has 3 heterocycles. The Hall–Kier alpha value is -8.62. The minimum Gasteiger partial charge on any atom is -0.498 e. The van der Waals surface area contributed by atoms with Crippen LogP contribution in [0.4, 0.5) is 5.69 Å². The molecule has 92 heavy (non-hydrogen) atoms. The molecule has 0 spiro atoms. The first-order valence-electron chi connectivity index (χ1n) is 32.0. The monoisotopic (exact) mass is 1270 g/mol. The number of nitrogens with zero attached hydrogens (tertiary/aromatic N) is 5. The average Bonchev–Trinajstić information content (AvgIpc) is 2.47. The van der Waals surface area contributed by atoms with Gasteiger partial charge in [-0.1, -0.05) is 112 Å². The van der Waals surface area contributed by atoms with Crippen molar-refractivity contribution in [3.8, 4) is 0 Å². The molecule has 6 rings (SSSR count). The molecule has 2 N–H and O–H groups in total. The highest BCUT2D eigenvalue weighted by atomic mass is 16.5. The number of benzene rings is 2. The molecule has 7 amide bonds.